The number of benzene rings is 1. The number of anilines is 2. The van der Waals surface area contributed by atoms with Gasteiger partial charge in [0.15, 0.2) is 0 Å². The molecule has 0 saturated heterocycles. The summed E-state index contributed by atoms with van der Waals surface area (Å²) >= 11 is 0. The number of hydrogen-bond donors (Lipinski definition) is 3. The van der Waals surface area contributed by atoms with E-state index in [1.54, 1.807) is 44.4 Å². The second kappa shape index (κ2) is 15.1. The second-order valence-corrected chi connectivity index (χ2v) is 10.0. The standard InChI is InChI=1S/C31H42FN3O4/c1-8-10-17-39-25-18-26(21(3)9-2)30(27(32)19-25)22(4)34-23-11-13-24(14-12-23)35-29(37)20-28(36)33-16-15-31(5,6)38-7/h9,11-14,18-19,26,34H,2-3,8,10,15-17,20H2,1,4-7H3,(H,33,36)(H,35,37)/b30-22-. The van der Waals surface area contributed by atoms with E-state index >= 15 is 4.39 Å². The van der Waals surface area contributed by atoms with Crippen LogP contribution in [0.1, 0.15) is 53.4 Å². The van der Waals surface area contributed by atoms with Crippen LogP contribution < -0.4 is 16.0 Å². The average Bonchev–Trinajstić information content (AvgIpc) is 2.88. The highest BCUT2D eigenvalue weighted by Crippen LogP contribution is 2.37. The van der Waals surface area contributed by atoms with Crippen molar-refractivity contribution in [2.45, 2.75) is 59.0 Å². The predicted octanol–water partition coefficient (Wildman–Crippen LogP) is 6.56. The fraction of sp³-hybridized carbons (Fsp3) is 0.419. The summed E-state index contributed by atoms with van der Waals surface area (Å²) in [5, 5.41) is 8.69. The van der Waals surface area contributed by atoms with Crippen LogP contribution in [-0.4, -0.2) is 37.7 Å². The van der Waals surface area contributed by atoms with E-state index in [9.17, 15) is 9.59 Å². The van der Waals surface area contributed by atoms with Crippen molar-refractivity contribution < 1.29 is 23.5 Å². The lowest BCUT2D eigenvalue weighted by Gasteiger charge is -2.25. The van der Waals surface area contributed by atoms with E-state index in [2.05, 4.69) is 36.0 Å². The SMILES string of the molecule is C=CC(=C)C1C=C(OCCCC)C=C(F)/C1=C(/C)Nc1ccc(NC(=O)CC(=O)NCCC(C)(C)OC)cc1. The third-order valence-corrected chi connectivity index (χ3v) is 6.42. The summed E-state index contributed by atoms with van der Waals surface area (Å²) < 4.78 is 26.3. The summed E-state index contributed by atoms with van der Waals surface area (Å²) in [7, 11) is 1.62. The molecule has 0 aromatic heterocycles. The Kier molecular flexibility index (Phi) is 12.2. The van der Waals surface area contributed by atoms with Gasteiger partial charge in [0, 0.05) is 48.3 Å². The van der Waals surface area contributed by atoms with Gasteiger partial charge in [0.1, 0.15) is 18.0 Å². The fourth-order valence-electron chi connectivity index (χ4n) is 3.84. The molecule has 1 unspecified atom stereocenters. The number of carbonyl (C=O) groups excluding carboxylic acids is 2. The molecule has 1 aromatic rings. The Bertz CT molecular complexity index is 1130. The lowest BCUT2D eigenvalue weighted by atomic mass is 9.85. The van der Waals surface area contributed by atoms with Gasteiger partial charge in [-0.3, -0.25) is 9.59 Å². The van der Waals surface area contributed by atoms with Crippen molar-refractivity contribution in [2.24, 2.45) is 5.92 Å². The normalized spacial score (nSPS) is 16.4. The number of halogens is 1. The molecule has 0 bridgehead atoms. The van der Waals surface area contributed by atoms with Gasteiger partial charge in [-0.25, -0.2) is 4.39 Å². The molecule has 0 aliphatic heterocycles. The number of unbranched alkanes of at least 4 members (excludes halogenated alkanes) is 1. The first kappa shape index (κ1) is 31.6. The first-order valence-electron chi connectivity index (χ1n) is 13.2. The Balaban J connectivity index is 2.01. The topological polar surface area (TPSA) is 88.7 Å². The lowest BCUT2D eigenvalue weighted by molar-refractivity contribution is -0.126. The van der Waals surface area contributed by atoms with Gasteiger partial charge < -0.3 is 25.4 Å². The van der Waals surface area contributed by atoms with Crippen LogP contribution in [-0.2, 0) is 19.1 Å². The summed E-state index contributed by atoms with van der Waals surface area (Å²) in [6.07, 6.45) is 7.10. The molecule has 0 fully saturated rings. The molecule has 8 heteroatoms. The van der Waals surface area contributed by atoms with E-state index in [4.69, 9.17) is 9.47 Å². The maximum atomic E-state index is 15.3. The highest BCUT2D eigenvalue weighted by Gasteiger charge is 2.26. The minimum Gasteiger partial charge on any atom is -0.494 e. The summed E-state index contributed by atoms with van der Waals surface area (Å²) in [4.78, 5) is 24.3. The van der Waals surface area contributed by atoms with Gasteiger partial charge in [-0.15, -0.1) is 0 Å². The molecule has 2 rings (SSSR count). The van der Waals surface area contributed by atoms with E-state index < -0.39 is 17.7 Å². The monoisotopic (exact) mass is 539 g/mol. The Labute approximate surface area is 231 Å². The van der Waals surface area contributed by atoms with Crippen molar-refractivity contribution in [3.8, 4) is 0 Å². The van der Waals surface area contributed by atoms with E-state index in [1.165, 1.54) is 6.08 Å². The smallest absolute Gasteiger partial charge is 0.233 e. The third-order valence-electron chi connectivity index (χ3n) is 6.42. The zero-order chi connectivity index (χ0) is 29.0. The first-order chi connectivity index (χ1) is 18.5. The molecule has 7 nitrogen and oxygen atoms in total. The highest BCUT2D eigenvalue weighted by atomic mass is 19.1. The second-order valence-electron chi connectivity index (χ2n) is 10.0. The van der Waals surface area contributed by atoms with Crippen LogP contribution in [0.25, 0.3) is 0 Å². The molecule has 2 amide bonds. The summed E-state index contributed by atoms with van der Waals surface area (Å²) in [5.41, 5.74) is 2.65. The van der Waals surface area contributed by atoms with Gasteiger partial charge in [0.05, 0.1) is 12.2 Å². The van der Waals surface area contributed by atoms with Crippen LogP contribution in [0.15, 0.2) is 84.1 Å². The lowest BCUT2D eigenvalue weighted by Crippen LogP contribution is -2.33. The summed E-state index contributed by atoms with van der Waals surface area (Å²) in [6.45, 7) is 16.5. The van der Waals surface area contributed by atoms with E-state index in [0.29, 0.717) is 53.5 Å². The van der Waals surface area contributed by atoms with Crippen LogP contribution in [0.4, 0.5) is 15.8 Å². The van der Waals surface area contributed by atoms with Crippen LogP contribution in [0, 0.1) is 5.92 Å². The number of rotatable bonds is 15. The van der Waals surface area contributed by atoms with E-state index in [0.717, 1.165) is 12.8 Å². The van der Waals surface area contributed by atoms with Crippen LogP contribution in [0.3, 0.4) is 0 Å². The molecule has 0 saturated carbocycles. The molecule has 0 heterocycles. The number of ether oxygens (including phenoxy) is 2. The Morgan fingerprint density at radius 3 is 2.36 bits per heavy atom. The predicted molar refractivity (Wildman–Crippen MR) is 156 cm³/mol. The number of amides is 2. The Hall–Kier alpha value is -3.65. The van der Waals surface area contributed by atoms with Crippen LogP contribution in [0.5, 0.6) is 0 Å². The van der Waals surface area contributed by atoms with Crippen molar-refractivity contribution in [3.05, 3.63) is 84.1 Å². The third kappa shape index (κ3) is 10.2. The van der Waals surface area contributed by atoms with Gasteiger partial charge in [0.2, 0.25) is 11.8 Å². The molecule has 1 aliphatic rings. The van der Waals surface area contributed by atoms with Gasteiger partial charge in [0.25, 0.3) is 0 Å². The van der Waals surface area contributed by atoms with Crippen LogP contribution >= 0.6 is 0 Å². The summed E-state index contributed by atoms with van der Waals surface area (Å²) in [5.74, 6) is -1.09. The number of carbonyl (C=O) groups is 2. The van der Waals surface area contributed by atoms with Crippen molar-refractivity contribution in [1.29, 1.82) is 0 Å². The van der Waals surface area contributed by atoms with Crippen molar-refractivity contribution in [3.63, 3.8) is 0 Å². The molecule has 3 N–H and O–H groups in total. The quantitative estimate of drug-likeness (QED) is 0.133. The van der Waals surface area contributed by atoms with Gasteiger partial charge in [-0.05, 0) is 69.5 Å². The van der Waals surface area contributed by atoms with Gasteiger partial charge in [-0.2, -0.15) is 0 Å². The summed E-state index contributed by atoms with van der Waals surface area (Å²) in [6, 6.07) is 6.96. The molecule has 39 heavy (non-hydrogen) atoms. The van der Waals surface area contributed by atoms with Crippen LogP contribution in [0.2, 0.25) is 0 Å². The molecule has 1 aliphatic carbocycles. The number of nitrogens with one attached hydrogen (secondary N) is 3. The van der Waals surface area contributed by atoms with Gasteiger partial charge in [-0.1, -0.05) is 32.6 Å². The maximum Gasteiger partial charge on any atom is 0.233 e. The number of hydrogen-bond acceptors (Lipinski definition) is 5. The van der Waals surface area contributed by atoms with Gasteiger partial charge >= 0.3 is 0 Å². The fourth-order valence-corrected chi connectivity index (χ4v) is 3.84. The maximum absolute atomic E-state index is 15.3. The van der Waals surface area contributed by atoms with Crippen molar-refractivity contribution >= 4 is 23.2 Å². The largest absolute Gasteiger partial charge is 0.494 e. The van der Waals surface area contributed by atoms with Crippen molar-refractivity contribution in [2.75, 3.05) is 30.9 Å². The molecule has 1 aromatic carbocycles. The zero-order valence-electron chi connectivity index (χ0n) is 23.8. The molecule has 0 spiro atoms. The highest BCUT2D eigenvalue weighted by molar-refractivity contribution is 6.03. The Morgan fingerprint density at radius 2 is 1.77 bits per heavy atom. The average molecular weight is 540 g/mol. The Morgan fingerprint density at radius 1 is 1.13 bits per heavy atom. The van der Waals surface area contributed by atoms with Crippen molar-refractivity contribution in [1.82, 2.24) is 5.32 Å². The van der Waals surface area contributed by atoms with E-state index in [1.807, 2.05) is 19.9 Å². The first-order valence-corrected chi connectivity index (χ1v) is 13.2. The molecule has 0 radical (unpaired) electrons. The molecule has 1 atom stereocenters. The number of methoxy groups -OCH3 is 1. The van der Waals surface area contributed by atoms with E-state index in [-0.39, 0.29) is 17.9 Å². The molecular weight excluding hydrogens is 497 g/mol. The minimum atomic E-state index is -0.415. The molecular formula is C31H42FN3O4. The zero-order valence-corrected chi connectivity index (χ0v) is 23.8. The number of allylic oxidation sites excluding steroid dienone is 7. The molecule has 212 valence electrons. The minimum absolute atomic E-state index is 0.281.